The lowest BCUT2D eigenvalue weighted by Gasteiger charge is -2.31. The molecule has 1 aliphatic rings. The fourth-order valence-corrected chi connectivity index (χ4v) is 5.14. The van der Waals surface area contributed by atoms with Crippen LogP contribution in [0.5, 0.6) is 0 Å². The van der Waals surface area contributed by atoms with Crippen LogP contribution in [0, 0.1) is 13.8 Å². The Morgan fingerprint density at radius 2 is 1.68 bits per heavy atom. The van der Waals surface area contributed by atoms with Crippen molar-refractivity contribution in [3.8, 4) is 0 Å². The number of carbonyl (C=O) groups excluding carboxylic acids is 1. The lowest BCUT2D eigenvalue weighted by Crippen LogP contribution is -2.47. The number of rotatable bonds is 7. The summed E-state index contributed by atoms with van der Waals surface area (Å²) in [7, 11) is -3.67. The SMILES string of the molecule is CC[C@H](C(=O)Nc1ccc(N2CCOCC2)cc1)N(c1cc(C)cc(C)c1)S(C)(=O)=O. The van der Waals surface area contributed by atoms with Gasteiger partial charge in [-0.1, -0.05) is 13.0 Å². The third-order valence-electron chi connectivity index (χ3n) is 5.30. The van der Waals surface area contributed by atoms with E-state index in [1.165, 1.54) is 4.31 Å². The Kier molecular flexibility index (Phi) is 7.23. The number of hydrogen-bond acceptors (Lipinski definition) is 5. The van der Waals surface area contributed by atoms with Crippen LogP contribution in [-0.4, -0.2) is 52.9 Å². The molecule has 0 radical (unpaired) electrons. The van der Waals surface area contributed by atoms with E-state index in [0.717, 1.165) is 36.2 Å². The normalized spacial score (nSPS) is 15.4. The fourth-order valence-electron chi connectivity index (χ4n) is 3.94. The Morgan fingerprint density at radius 3 is 2.19 bits per heavy atom. The number of nitrogens with one attached hydrogen (secondary N) is 1. The summed E-state index contributed by atoms with van der Waals surface area (Å²) < 4.78 is 31.9. The second-order valence-electron chi connectivity index (χ2n) is 7.96. The van der Waals surface area contributed by atoms with E-state index in [-0.39, 0.29) is 5.91 Å². The first-order valence-corrected chi connectivity index (χ1v) is 12.3. The molecule has 31 heavy (non-hydrogen) atoms. The van der Waals surface area contributed by atoms with Crippen molar-refractivity contribution in [2.45, 2.75) is 33.2 Å². The minimum absolute atomic E-state index is 0.345. The molecule has 0 spiro atoms. The zero-order chi connectivity index (χ0) is 22.6. The summed E-state index contributed by atoms with van der Waals surface area (Å²) in [6.45, 7) is 8.72. The molecule has 3 rings (SSSR count). The van der Waals surface area contributed by atoms with Crippen LogP contribution in [0.4, 0.5) is 17.1 Å². The van der Waals surface area contributed by atoms with Gasteiger partial charge < -0.3 is 15.0 Å². The molecule has 7 nitrogen and oxygen atoms in total. The van der Waals surface area contributed by atoms with E-state index in [4.69, 9.17) is 4.74 Å². The molecule has 1 fully saturated rings. The van der Waals surface area contributed by atoms with Crippen molar-refractivity contribution in [2.24, 2.45) is 0 Å². The molecule has 1 N–H and O–H groups in total. The predicted octanol–water partition coefficient (Wildman–Crippen LogP) is 3.32. The monoisotopic (exact) mass is 445 g/mol. The summed E-state index contributed by atoms with van der Waals surface area (Å²) in [5.41, 5.74) is 4.09. The van der Waals surface area contributed by atoms with Gasteiger partial charge in [0, 0.05) is 24.5 Å². The highest BCUT2D eigenvalue weighted by molar-refractivity contribution is 7.92. The lowest BCUT2D eigenvalue weighted by molar-refractivity contribution is -0.117. The quantitative estimate of drug-likeness (QED) is 0.707. The largest absolute Gasteiger partial charge is 0.378 e. The summed E-state index contributed by atoms with van der Waals surface area (Å²) in [5.74, 6) is -0.355. The minimum atomic E-state index is -3.67. The van der Waals surface area contributed by atoms with Crippen LogP contribution in [0.2, 0.25) is 0 Å². The molecule has 2 aromatic carbocycles. The number of sulfonamides is 1. The molecular weight excluding hydrogens is 414 g/mol. The molecule has 0 unspecified atom stereocenters. The van der Waals surface area contributed by atoms with Crippen LogP contribution in [0.15, 0.2) is 42.5 Å². The van der Waals surface area contributed by atoms with Gasteiger partial charge >= 0.3 is 0 Å². The number of carbonyl (C=O) groups is 1. The number of hydrogen-bond donors (Lipinski definition) is 1. The molecule has 2 aromatic rings. The molecule has 0 bridgehead atoms. The maximum atomic E-state index is 13.1. The Bertz CT molecular complexity index is 995. The van der Waals surface area contributed by atoms with E-state index >= 15 is 0 Å². The molecule has 1 heterocycles. The van der Waals surface area contributed by atoms with Crippen LogP contribution in [-0.2, 0) is 19.6 Å². The van der Waals surface area contributed by atoms with Gasteiger partial charge in [-0.2, -0.15) is 0 Å². The number of aryl methyl sites for hydroxylation is 2. The first-order valence-electron chi connectivity index (χ1n) is 10.5. The van der Waals surface area contributed by atoms with Gasteiger partial charge in [-0.3, -0.25) is 9.10 Å². The first kappa shape index (κ1) is 23.1. The number of ether oxygens (including phenoxy) is 1. The molecule has 1 amide bonds. The van der Waals surface area contributed by atoms with Crippen molar-refractivity contribution in [1.29, 1.82) is 0 Å². The van der Waals surface area contributed by atoms with Crippen molar-refractivity contribution in [1.82, 2.24) is 0 Å². The highest BCUT2D eigenvalue weighted by atomic mass is 32.2. The third kappa shape index (κ3) is 5.77. The average molecular weight is 446 g/mol. The summed E-state index contributed by atoms with van der Waals surface area (Å²) >= 11 is 0. The van der Waals surface area contributed by atoms with E-state index in [9.17, 15) is 13.2 Å². The number of benzene rings is 2. The van der Waals surface area contributed by atoms with Gasteiger partial charge in [-0.05, 0) is 67.8 Å². The summed E-state index contributed by atoms with van der Waals surface area (Å²) in [6.07, 6.45) is 1.48. The Hall–Kier alpha value is -2.58. The standard InChI is InChI=1S/C23H31N3O4S/c1-5-22(26(31(4,28)29)21-15-17(2)14-18(3)16-21)23(27)24-19-6-8-20(9-7-19)25-10-12-30-13-11-25/h6-9,14-16,22H,5,10-13H2,1-4H3,(H,24,27)/t22-/m1/s1. The molecule has 1 atom stereocenters. The summed E-state index contributed by atoms with van der Waals surface area (Å²) in [4.78, 5) is 15.3. The minimum Gasteiger partial charge on any atom is -0.378 e. The molecule has 0 aliphatic carbocycles. The molecule has 8 heteroatoms. The summed E-state index contributed by atoms with van der Waals surface area (Å²) in [6, 6.07) is 12.3. The van der Waals surface area contributed by atoms with Crippen LogP contribution in [0.25, 0.3) is 0 Å². The Balaban J connectivity index is 1.81. The molecule has 1 saturated heterocycles. The maximum absolute atomic E-state index is 13.1. The smallest absolute Gasteiger partial charge is 0.248 e. The van der Waals surface area contributed by atoms with Gasteiger partial charge in [-0.25, -0.2) is 8.42 Å². The van der Waals surface area contributed by atoms with Crippen LogP contribution < -0.4 is 14.5 Å². The van der Waals surface area contributed by atoms with E-state index < -0.39 is 16.1 Å². The topological polar surface area (TPSA) is 79.0 Å². The fraction of sp³-hybridized carbons (Fsp3) is 0.435. The van der Waals surface area contributed by atoms with E-state index in [1.54, 1.807) is 12.1 Å². The number of anilines is 3. The second-order valence-corrected chi connectivity index (χ2v) is 9.82. The van der Waals surface area contributed by atoms with E-state index in [1.807, 2.05) is 51.1 Å². The lowest BCUT2D eigenvalue weighted by atomic mass is 10.1. The first-order chi connectivity index (χ1) is 14.7. The maximum Gasteiger partial charge on any atom is 0.248 e. The second kappa shape index (κ2) is 9.70. The number of amides is 1. The number of morpholine rings is 1. The van der Waals surface area contributed by atoms with Crippen LogP contribution in [0.3, 0.4) is 0 Å². The van der Waals surface area contributed by atoms with Crippen molar-refractivity contribution in [3.63, 3.8) is 0 Å². The van der Waals surface area contributed by atoms with Gasteiger partial charge in [-0.15, -0.1) is 0 Å². The average Bonchev–Trinajstić information content (AvgIpc) is 2.71. The highest BCUT2D eigenvalue weighted by Gasteiger charge is 2.31. The third-order valence-corrected chi connectivity index (χ3v) is 6.48. The highest BCUT2D eigenvalue weighted by Crippen LogP contribution is 2.26. The predicted molar refractivity (Wildman–Crippen MR) is 125 cm³/mol. The van der Waals surface area contributed by atoms with E-state index in [2.05, 4.69) is 10.2 Å². The molecule has 1 aliphatic heterocycles. The van der Waals surface area contributed by atoms with Crippen LogP contribution in [0.1, 0.15) is 24.5 Å². The zero-order valence-corrected chi connectivity index (χ0v) is 19.4. The molecule has 168 valence electrons. The van der Waals surface area contributed by atoms with Gasteiger partial charge in [0.05, 0.1) is 25.2 Å². The van der Waals surface area contributed by atoms with Gasteiger partial charge in [0.1, 0.15) is 6.04 Å². The Labute approximate surface area is 185 Å². The Morgan fingerprint density at radius 1 is 1.10 bits per heavy atom. The molecule has 0 saturated carbocycles. The van der Waals surface area contributed by atoms with Gasteiger partial charge in [0.2, 0.25) is 15.9 Å². The molecular formula is C23H31N3O4S. The molecule has 0 aromatic heterocycles. The number of nitrogens with zero attached hydrogens (tertiary/aromatic N) is 2. The van der Waals surface area contributed by atoms with Gasteiger partial charge in [0.15, 0.2) is 0 Å². The van der Waals surface area contributed by atoms with Gasteiger partial charge in [0.25, 0.3) is 0 Å². The van der Waals surface area contributed by atoms with Crippen molar-refractivity contribution in [2.75, 3.05) is 47.1 Å². The van der Waals surface area contributed by atoms with Crippen molar-refractivity contribution >= 4 is 33.0 Å². The zero-order valence-electron chi connectivity index (χ0n) is 18.6. The van der Waals surface area contributed by atoms with Crippen molar-refractivity contribution < 1.29 is 17.9 Å². The summed E-state index contributed by atoms with van der Waals surface area (Å²) in [5, 5.41) is 2.89. The van der Waals surface area contributed by atoms with Crippen LogP contribution >= 0.6 is 0 Å². The van der Waals surface area contributed by atoms with Crippen molar-refractivity contribution in [3.05, 3.63) is 53.6 Å². The van der Waals surface area contributed by atoms with E-state index in [0.29, 0.717) is 31.0 Å².